The second-order valence-electron chi connectivity index (χ2n) is 9.77. The number of hydrogen-bond acceptors (Lipinski definition) is 5. The fourth-order valence-electron chi connectivity index (χ4n) is 5.02. The second-order valence-corrected chi connectivity index (χ2v) is 9.77. The van der Waals surface area contributed by atoms with Crippen LogP contribution >= 0.6 is 0 Å². The van der Waals surface area contributed by atoms with Crippen LogP contribution in [0, 0.1) is 5.92 Å². The number of amides is 2. The number of benzene rings is 2. The number of ether oxygens (including phenoxy) is 1. The monoisotopic (exact) mass is 492 g/mol. The third kappa shape index (κ3) is 6.65. The van der Waals surface area contributed by atoms with Crippen molar-refractivity contribution in [3.63, 3.8) is 0 Å². The lowest BCUT2D eigenvalue weighted by Gasteiger charge is -2.40. The third-order valence-electron chi connectivity index (χ3n) is 7.21. The summed E-state index contributed by atoms with van der Waals surface area (Å²) >= 11 is 0. The normalized spacial score (nSPS) is 17.4. The number of rotatable bonds is 10. The molecule has 194 valence electrons. The molecule has 2 aromatic rings. The minimum atomic E-state index is -0.445. The van der Waals surface area contributed by atoms with Gasteiger partial charge in [0, 0.05) is 57.9 Å². The first-order chi connectivity index (χ1) is 17.5. The Morgan fingerprint density at radius 3 is 2.28 bits per heavy atom. The van der Waals surface area contributed by atoms with E-state index in [-0.39, 0.29) is 11.9 Å². The Labute approximate surface area is 215 Å². The van der Waals surface area contributed by atoms with Gasteiger partial charge >= 0.3 is 6.09 Å². The van der Waals surface area contributed by atoms with Gasteiger partial charge in [0.15, 0.2) is 0 Å². The van der Waals surface area contributed by atoms with Crippen LogP contribution in [0.5, 0.6) is 5.75 Å². The van der Waals surface area contributed by atoms with E-state index >= 15 is 0 Å². The van der Waals surface area contributed by atoms with Gasteiger partial charge in [-0.25, -0.2) is 4.79 Å². The molecule has 7 heteroatoms. The summed E-state index contributed by atoms with van der Waals surface area (Å²) in [5, 5.41) is 2.69. The average Bonchev–Trinajstić information content (AvgIpc) is 3.71. The summed E-state index contributed by atoms with van der Waals surface area (Å²) < 4.78 is 5.51. The van der Waals surface area contributed by atoms with Gasteiger partial charge in [-0.05, 0) is 74.9 Å². The first-order valence-electron chi connectivity index (χ1n) is 13.4. The Morgan fingerprint density at radius 1 is 0.972 bits per heavy atom. The van der Waals surface area contributed by atoms with E-state index in [0.29, 0.717) is 30.9 Å². The molecule has 2 aromatic carbocycles. The van der Waals surface area contributed by atoms with Gasteiger partial charge in [0.05, 0.1) is 6.04 Å². The molecule has 7 nitrogen and oxygen atoms in total. The molecular formula is C29H40N4O3. The van der Waals surface area contributed by atoms with E-state index in [1.807, 2.05) is 56.0 Å². The van der Waals surface area contributed by atoms with Gasteiger partial charge in [0.25, 0.3) is 5.91 Å². The first-order valence-corrected chi connectivity index (χ1v) is 13.4. The summed E-state index contributed by atoms with van der Waals surface area (Å²) in [6.45, 7) is 13.1. The Kier molecular flexibility index (Phi) is 8.99. The van der Waals surface area contributed by atoms with Crippen molar-refractivity contribution in [2.75, 3.05) is 52.4 Å². The first kappa shape index (κ1) is 26.2. The highest BCUT2D eigenvalue weighted by Crippen LogP contribution is 2.34. The molecule has 1 unspecified atom stereocenters. The maximum Gasteiger partial charge on any atom is 0.412 e. The number of nitrogens with one attached hydrogen (secondary N) is 1. The van der Waals surface area contributed by atoms with Crippen LogP contribution in [0.15, 0.2) is 48.5 Å². The molecule has 0 radical (unpaired) electrons. The van der Waals surface area contributed by atoms with Crippen molar-refractivity contribution >= 4 is 12.0 Å². The topological polar surface area (TPSA) is 65.1 Å². The molecule has 1 N–H and O–H groups in total. The van der Waals surface area contributed by atoms with Gasteiger partial charge in [0.2, 0.25) is 0 Å². The largest absolute Gasteiger partial charge is 0.412 e. The molecule has 2 amide bonds. The van der Waals surface area contributed by atoms with Crippen molar-refractivity contribution in [3.8, 4) is 5.75 Å². The van der Waals surface area contributed by atoms with Crippen LogP contribution < -0.4 is 10.1 Å². The maximum absolute atomic E-state index is 12.8. The van der Waals surface area contributed by atoms with Crippen molar-refractivity contribution in [2.24, 2.45) is 5.92 Å². The summed E-state index contributed by atoms with van der Waals surface area (Å²) in [7, 11) is 0. The Bertz CT molecular complexity index is 1010. The molecule has 1 saturated carbocycles. The van der Waals surface area contributed by atoms with Gasteiger partial charge in [-0.3, -0.25) is 9.69 Å². The lowest BCUT2D eigenvalue weighted by molar-refractivity contribution is 0.0773. The summed E-state index contributed by atoms with van der Waals surface area (Å²) in [6, 6.07) is 15.9. The van der Waals surface area contributed by atoms with E-state index in [1.165, 1.54) is 19.4 Å². The molecule has 1 aliphatic carbocycles. The Balaban J connectivity index is 1.58. The smallest absolute Gasteiger partial charge is 0.410 e. The molecule has 1 saturated heterocycles. The zero-order chi connectivity index (χ0) is 25.5. The van der Waals surface area contributed by atoms with E-state index in [9.17, 15) is 9.59 Å². The molecular weight excluding hydrogens is 452 g/mol. The zero-order valence-corrected chi connectivity index (χ0v) is 21.9. The highest BCUT2D eigenvalue weighted by Gasteiger charge is 2.30. The van der Waals surface area contributed by atoms with E-state index in [1.54, 1.807) is 0 Å². The van der Waals surface area contributed by atoms with Crippen molar-refractivity contribution in [2.45, 2.75) is 39.7 Å². The molecule has 1 aliphatic heterocycles. The molecule has 4 rings (SSSR count). The molecule has 0 spiro atoms. The number of piperazine rings is 1. The molecule has 0 bridgehead atoms. The van der Waals surface area contributed by atoms with E-state index in [4.69, 9.17) is 4.74 Å². The van der Waals surface area contributed by atoms with Gasteiger partial charge in [0.1, 0.15) is 5.75 Å². The van der Waals surface area contributed by atoms with Gasteiger partial charge in [-0.2, -0.15) is 0 Å². The van der Waals surface area contributed by atoms with Gasteiger partial charge < -0.3 is 19.9 Å². The summed E-state index contributed by atoms with van der Waals surface area (Å²) in [4.78, 5) is 31.8. The predicted molar refractivity (Wildman–Crippen MR) is 142 cm³/mol. The van der Waals surface area contributed by atoms with Gasteiger partial charge in [-0.15, -0.1) is 0 Å². The van der Waals surface area contributed by atoms with Crippen LogP contribution in [-0.2, 0) is 0 Å². The lowest BCUT2D eigenvalue weighted by Crippen LogP contribution is -2.48. The van der Waals surface area contributed by atoms with Crippen molar-refractivity contribution in [1.82, 2.24) is 20.0 Å². The molecule has 36 heavy (non-hydrogen) atoms. The Hall–Kier alpha value is -2.90. The Morgan fingerprint density at radius 2 is 1.67 bits per heavy atom. The average molecular weight is 493 g/mol. The number of carbonyl (C=O) groups excluding carboxylic acids is 2. The minimum absolute atomic E-state index is 0.0171. The summed E-state index contributed by atoms with van der Waals surface area (Å²) in [5.41, 5.74) is 2.93. The number of nitrogens with zero attached hydrogens (tertiary/aromatic N) is 3. The highest BCUT2D eigenvalue weighted by molar-refractivity contribution is 5.94. The molecule has 2 aliphatic rings. The fourth-order valence-corrected chi connectivity index (χ4v) is 5.02. The predicted octanol–water partition coefficient (Wildman–Crippen LogP) is 4.39. The molecule has 1 heterocycles. The second kappa shape index (κ2) is 12.4. The molecule has 2 fully saturated rings. The zero-order valence-electron chi connectivity index (χ0n) is 21.9. The third-order valence-corrected chi connectivity index (χ3v) is 7.21. The van der Waals surface area contributed by atoms with Crippen molar-refractivity contribution in [3.05, 3.63) is 65.2 Å². The molecule has 1 atom stereocenters. The van der Waals surface area contributed by atoms with E-state index in [0.717, 1.165) is 43.2 Å². The fraction of sp³-hybridized carbons (Fsp3) is 0.517. The minimum Gasteiger partial charge on any atom is -0.410 e. The standard InChI is InChI=1S/C29H40N4O3/c1-4-30-29(35)36-26-9-7-8-25(20-26)27(33-18-16-31(17-19-33)21-22-10-11-22)23-12-14-24(15-13-23)28(34)32(5-2)6-3/h7-9,12-15,20,22,27H,4-6,10-11,16-19,21H2,1-3H3,(H,30,35). The van der Waals surface area contributed by atoms with E-state index < -0.39 is 6.09 Å². The van der Waals surface area contributed by atoms with Crippen LogP contribution in [0.3, 0.4) is 0 Å². The number of hydrogen-bond donors (Lipinski definition) is 1. The van der Waals surface area contributed by atoms with Crippen LogP contribution in [0.4, 0.5) is 4.79 Å². The SMILES string of the molecule is CCNC(=O)Oc1cccc(C(c2ccc(C(=O)N(CC)CC)cc2)N2CCN(CC3CC3)CC2)c1. The number of carbonyl (C=O) groups is 2. The van der Waals surface area contributed by atoms with E-state index in [2.05, 4.69) is 33.3 Å². The van der Waals surface area contributed by atoms with Crippen LogP contribution in [0.2, 0.25) is 0 Å². The molecule has 0 aromatic heterocycles. The van der Waals surface area contributed by atoms with Crippen molar-refractivity contribution in [1.29, 1.82) is 0 Å². The van der Waals surface area contributed by atoms with Crippen molar-refractivity contribution < 1.29 is 14.3 Å². The van der Waals surface area contributed by atoms with Crippen LogP contribution in [0.1, 0.15) is 61.1 Å². The quantitative estimate of drug-likeness (QED) is 0.533. The summed E-state index contributed by atoms with van der Waals surface area (Å²) in [6.07, 6.45) is 2.30. The van der Waals surface area contributed by atoms with Crippen LogP contribution in [-0.4, -0.2) is 79.1 Å². The van der Waals surface area contributed by atoms with Crippen LogP contribution in [0.25, 0.3) is 0 Å². The van der Waals surface area contributed by atoms with Gasteiger partial charge in [-0.1, -0.05) is 24.3 Å². The lowest BCUT2D eigenvalue weighted by atomic mass is 9.95. The summed E-state index contributed by atoms with van der Waals surface area (Å²) in [5.74, 6) is 1.49. The highest BCUT2D eigenvalue weighted by atomic mass is 16.6. The maximum atomic E-state index is 12.8.